The molecule has 2 bridgehead atoms. The Morgan fingerprint density at radius 1 is 1.14 bits per heavy atom. The molecule has 5 aliphatic rings. The van der Waals surface area contributed by atoms with E-state index in [4.69, 9.17) is 9.47 Å². The maximum Gasteiger partial charge on any atom is 0.314 e. The van der Waals surface area contributed by atoms with Gasteiger partial charge in [-0.2, -0.15) is 0 Å². The predicted molar refractivity (Wildman–Crippen MR) is 139 cm³/mol. The summed E-state index contributed by atoms with van der Waals surface area (Å²) in [6.45, 7) is 15.8. The molecule has 3 saturated carbocycles. The Hall–Kier alpha value is -1.13. The second-order valence-corrected chi connectivity index (χ2v) is 14.3. The van der Waals surface area contributed by atoms with Crippen molar-refractivity contribution in [3.05, 3.63) is 24.3 Å². The molecular weight excluding hydrogens is 436 g/mol. The van der Waals surface area contributed by atoms with Gasteiger partial charge in [0, 0.05) is 18.4 Å². The van der Waals surface area contributed by atoms with Gasteiger partial charge in [0.25, 0.3) is 0 Å². The second-order valence-electron chi connectivity index (χ2n) is 14.3. The fourth-order valence-electron chi connectivity index (χ4n) is 9.82. The lowest BCUT2D eigenvalue weighted by Gasteiger charge is -2.63. The first kappa shape index (κ1) is 25.5. The molecule has 0 amide bonds. The summed E-state index contributed by atoms with van der Waals surface area (Å²) in [6, 6.07) is 0. The number of rotatable bonds is 5. The van der Waals surface area contributed by atoms with E-state index in [-0.39, 0.29) is 34.2 Å². The Kier molecular flexibility index (Phi) is 5.61. The Balaban J connectivity index is 1.48. The van der Waals surface area contributed by atoms with E-state index < -0.39 is 22.5 Å². The third-order valence-electron chi connectivity index (χ3n) is 12.5. The molecule has 1 saturated heterocycles. The molecule has 1 N–H and O–H groups in total. The van der Waals surface area contributed by atoms with Crippen LogP contribution in [-0.4, -0.2) is 35.5 Å². The molecule has 4 aliphatic carbocycles. The summed E-state index contributed by atoms with van der Waals surface area (Å²) in [7, 11) is 1.77. The molecule has 196 valence electrons. The lowest BCUT2D eigenvalue weighted by molar-refractivity contribution is -0.173. The van der Waals surface area contributed by atoms with Crippen LogP contribution in [0.25, 0.3) is 0 Å². The lowest BCUT2D eigenvalue weighted by atomic mass is 9.38. The van der Waals surface area contributed by atoms with Crippen LogP contribution in [0.2, 0.25) is 0 Å². The molecular formula is C31H48O4. The van der Waals surface area contributed by atoms with Crippen molar-refractivity contribution < 1.29 is 19.4 Å². The number of ether oxygens (including phenoxy) is 2. The van der Waals surface area contributed by atoms with Gasteiger partial charge < -0.3 is 14.6 Å². The molecule has 4 heteroatoms. The van der Waals surface area contributed by atoms with Crippen LogP contribution in [-0.2, 0) is 14.3 Å². The van der Waals surface area contributed by atoms with Gasteiger partial charge in [-0.3, -0.25) is 4.79 Å². The maximum absolute atomic E-state index is 13.9. The number of allylic oxidation sites excluding steroid dienone is 2. The standard InChI is InChI=1S/C31H48O4/c1-20(10-9-15-26(2,3)34-8)21-13-16-29(7)22-14-17-31-23(11-12-24(32)27(31,4)5)30(22,25(33)35-31)19-18-28(21,29)6/h9,14-15,17,20-24,32H,10-13,16,18-19H2,1-8H3/b15-9+/t20-,21-,22+,23+,24+,28-,29+,30+,31-/m1/s1. The smallest absolute Gasteiger partial charge is 0.314 e. The molecule has 0 unspecified atom stereocenters. The minimum Gasteiger partial charge on any atom is -0.453 e. The number of esters is 1. The first-order valence-corrected chi connectivity index (χ1v) is 14.1. The van der Waals surface area contributed by atoms with Gasteiger partial charge in [0.05, 0.1) is 17.1 Å². The highest BCUT2D eigenvalue weighted by Crippen LogP contribution is 2.77. The zero-order valence-electron chi connectivity index (χ0n) is 23.3. The normalized spacial score (nSPS) is 48.9. The first-order chi connectivity index (χ1) is 16.2. The van der Waals surface area contributed by atoms with Gasteiger partial charge in [-0.15, -0.1) is 0 Å². The molecule has 1 aliphatic heterocycles. The first-order valence-electron chi connectivity index (χ1n) is 14.1. The minimum atomic E-state index is -0.660. The Morgan fingerprint density at radius 2 is 1.86 bits per heavy atom. The molecule has 0 aromatic heterocycles. The highest BCUT2D eigenvalue weighted by Gasteiger charge is 2.79. The fourth-order valence-corrected chi connectivity index (χ4v) is 9.82. The largest absolute Gasteiger partial charge is 0.453 e. The predicted octanol–water partition coefficient (Wildman–Crippen LogP) is 6.48. The van der Waals surface area contributed by atoms with Crippen molar-refractivity contribution >= 4 is 5.97 Å². The van der Waals surface area contributed by atoms with E-state index in [0.717, 1.165) is 32.1 Å². The van der Waals surface area contributed by atoms with Crippen LogP contribution in [0.3, 0.4) is 0 Å². The topological polar surface area (TPSA) is 55.8 Å². The highest BCUT2D eigenvalue weighted by atomic mass is 16.6. The van der Waals surface area contributed by atoms with E-state index in [1.807, 2.05) is 0 Å². The molecule has 0 aromatic carbocycles. The van der Waals surface area contributed by atoms with Crippen molar-refractivity contribution in [2.24, 2.45) is 45.3 Å². The van der Waals surface area contributed by atoms with Crippen LogP contribution in [0.5, 0.6) is 0 Å². The van der Waals surface area contributed by atoms with Crippen LogP contribution < -0.4 is 0 Å². The van der Waals surface area contributed by atoms with Crippen LogP contribution >= 0.6 is 0 Å². The van der Waals surface area contributed by atoms with E-state index in [2.05, 4.69) is 72.8 Å². The fraction of sp³-hybridized carbons (Fsp3) is 0.839. The SMILES string of the molecule is COC(C)(C)/C=C/C[C@@H](C)[C@H]1CC[C@@]2(C)[C@@H]3C=C[C@@]45OC(=O)[C@]3(CC[C@]12C)[C@@H]4CC[C@H](O)C5(C)C. The van der Waals surface area contributed by atoms with Crippen molar-refractivity contribution in [2.45, 2.75) is 111 Å². The van der Waals surface area contributed by atoms with Crippen molar-refractivity contribution in [3.63, 3.8) is 0 Å². The summed E-state index contributed by atoms with van der Waals surface area (Å²) in [5.41, 5.74) is -1.51. The molecule has 4 nitrogen and oxygen atoms in total. The molecule has 5 rings (SSSR count). The number of hydrogen-bond acceptors (Lipinski definition) is 4. The van der Waals surface area contributed by atoms with E-state index in [1.165, 1.54) is 12.8 Å². The van der Waals surface area contributed by atoms with Crippen molar-refractivity contribution in [2.75, 3.05) is 7.11 Å². The van der Waals surface area contributed by atoms with E-state index in [1.54, 1.807) is 7.11 Å². The number of hydrogen-bond donors (Lipinski definition) is 1. The Labute approximate surface area is 212 Å². The molecule has 35 heavy (non-hydrogen) atoms. The van der Waals surface area contributed by atoms with Crippen LogP contribution in [0.1, 0.15) is 93.4 Å². The van der Waals surface area contributed by atoms with Gasteiger partial charge in [-0.1, -0.05) is 52.8 Å². The van der Waals surface area contributed by atoms with Gasteiger partial charge in [0.1, 0.15) is 5.60 Å². The zero-order valence-corrected chi connectivity index (χ0v) is 23.3. The van der Waals surface area contributed by atoms with Crippen molar-refractivity contribution in [3.8, 4) is 0 Å². The van der Waals surface area contributed by atoms with Crippen molar-refractivity contribution in [1.29, 1.82) is 0 Å². The van der Waals surface area contributed by atoms with Crippen LogP contribution in [0.15, 0.2) is 24.3 Å². The average molecular weight is 485 g/mol. The molecule has 0 aromatic rings. The zero-order chi connectivity index (χ0) is 25.7. The minimum absolute atomic E-state index is 0.0178. The van der Waals surface area contributed by atoms with Gasteiger partial charge in [-0.25, -0.2) is 0 Å². The quantitative estimate of drug-likeness (QED) is 0.359. The molecule has 1 spiro atoms. The number of aliphatic hydroxyl groups excluding tert-OH is 1. The summed E-state index contributed by atoms with van der Waals surface area (Å²) in [4.78, 5) is 13.9. The summed E-state index contributed by atoms with van der Waals surface area (Å²) in [5.74, 6) is 1.64. The van der Waals surface area contributed by atoms with Gasteiger partial charge in [0.15, 0.2) is 0 Å². The summed E-state index contributed by atoms with van der Waals surface area (Å²) >= 11 is 0. The highest BCUT2D eigenvalue weighted by molar-refractivity contribution is 5.83. The lowest BCUT2D eigenvalue weighted by Crippen LogP contribution is -2.64. The van der Waals surface area contributed by atoms with E-state index in [0.29, 0.717) is 11.8 Å². The van der Waals surface area contributed by atoms with Crippen molar-refractivity contribution in [1.82, 2.24) is 0 Å². The molecule has 9 atom stereocenters. The number of carbonyl (C=O) groups excluding carboxylic acids is 1. The average Bonchev–Trinajstić information content (AvgIpc) is 3.15. The number of aliphatic hydroxyl groups is 1. The Bertz CT molecular complexity index is 948. The van der Waals surface area contributed by atoms with Gasteiger partial charge in [-0.05, 0) is 93.5 Å². The molecule has 1 heterocycles. The van der Waals surface area contributed by atoms with E-state index >= 15 is 0 Å². The second kappa shape index (κ2) is 7.69. The maximum atomic E-state index is 13.9. The molecule has 0 radical (unpaired) electrons. The monoisotopic (exact) mass is 484 g/mol. The third kappa shape index (κ3) is 3.02. The van der Waals surface area contributed by atoms with Gasteiger partial charge >= 0.3 is 5.97 Å². The van der Waals surface area contributed by atoms with Crippen LogP contribution in [0, 0.1) is 45.3 Å². The summed E-state index contributed by atoms with van der Waals surface area (Å²) < 4.78 is 12.0. The molecule has 4 fully saturated rings. The number of fused-ring (bicyclic) bond motifs is 2. The number of carbonyl (C=O) groups is 1. The van der Waals surface area contributed by atoms with E-state index in [9.17, 15) is 9.90 Å². The van der Waals surface area contributed by atoms with Crippen LogP contribution in [0.4, 0.5) is 0 Å². The summed E-state index contributed by atoms with van der Waals surface area (Å²) in [5, 5.41) is 10.9. The summed E-state index contributed by atoms with van der Waals surface area (Å²) in [6.07, 6.45) is 15.8. The Morgan fingerprint density at radius 3 is 2.54 bits per heavy atom. The third-order valence-corrected chi connectivity index (χ3v) is 12.5. The number of methoxy groups -OCH3 is 1. The van der Waals surface area contributed by atoms with Gasteiger partial charge in [0.2, 0.25) is 0 Å².